The Morgan fingerprint density at radius 2 is 2.23 bits per heavy atom. The van der Waals surface area contributed by atoms with Crippen LogP contribution in [0, 0.1) is 5.82 Å². The molecule has 1 amide bonds. The van der Waals surface area contributed by atoms with Gasteiger partial charge in [-0.15, -0.1) is 15.0 Å². The number of tetrazole rings is 1. The molecule has 154 valence electrons. The second-order valence-corrected chi connectivity index (χ2v) is 6.72. The zero-order chi connectivity index (χ0) is 21.3. The predicted molar refractivity (Wildman–Crippen MR) is 107 cm³/mol. The largest absolute Gasteiger partial charge is 0.441 e. The average molecular weight is 410 g/mol. The minimum atomic E-state index is -0.754. The number of rotatable bonds is 6. The van der Waals surface area contributed by atoms with Crippen LogP contribution < -0.4 is 4.90 Å². The first-order valence-electron chi connectivity index (χ1n) is 9.34. The van der Waals surface area contributed by atoms with Gasteiger partial charge in [0.05, 0.1) is 18.3 Å². The monoisotopic (exact) mass is 410 g/mol. The Bertz CT molecular complexity index is 1080. The minimum Gasteiger partial charge on any atom is -0.441 e. The number of pyridine rings is 1. The van der Waals surface area contributed by atoms with Gasteiger partial charge in [0.2, 0.25) is 5.82 Å². The van der Waals surface area contributed by atoms with Crippen LogP contribution in [0.4, 0.5) is 14.9 Å². The smallest absolute Gasteiger partial charge is 0.414 e. The van der Waals surface area contributed by atoms with Crippen molar-refractivity contribution >= 4 is 18.0 Å². The van der Waals surface area contributed by atoms with Crippen LogP contribution >= 0.6 is 0 Å². The van der Waals surface area contributed by atoms with Gasteiger partial charge in [-0.2, -0.15) is 0 Å². The third-order valence-corrected chi connectivity index (χ3v) is 4.84. The fraction of sp³-hybridized carbons (Fsp3) is 0.250. The maximum Gasteiger partial charge on any atom is 0.414 e. The summed E-state index contributed by atoms with van der Waals surface area (Å²) in [5, 5.41) is 21.6. The maximum atomic E-state index is 14.8. The zero-order valence-corrected chi connectivity index (χ0v) is 16.1. The molecule has 9 nitrogen and oxygen atoms in total. The molecule has 3 aromatic rings. The third-order valence-electron chi connectivity index (χ3n) is 4.84. The van der Waals surface area contributed by atoms with E-state index >= 15 is 0 Å². The van der Waals surface area contributed by atoms with Crippen LogP contribution in [0.5, 0.6) is 0 Å². The van der Waals surface area contributed by atoms with Crippen LogP contribution in [-0.4, -0.2) is 55.1 Å². The fourth-order valence-corrected chi connectivity index (χ4v) is 3.16. The molecule has 4 rings (SSSR count). The topological polar surface area (TPSA) is 106 Å². The Labute approximate surface area is 171 Å². The molecule has 0 bridgehead atoms. The first-order valence-corrected chi connectivity index (χ1v) is 9.34. The summed E-state index contributed by atoms with van der Waals surface area (Å²) in [5.74, 6) is -0.182. The molecule has 1 aliphatic heterocycles. The Morgan fingerprint density at radius 1 is 1.40 bits per heavy atom. The first-order chi connectivity index (χ1) is 14.5. The molecule has 1 aromatic carbocycles. The van der Waals surface area contributed by atoms with Crippen molar-refractivity contribution < 1.29 is 19.0 Å². The van der Waals surface area contributed by atoms with Gasteiger partial charge in [-0.3, -0.25) is 9.88 Å². The Kier molecular flexibility index (Phi) is 5.23. The van der Waals surface area contributed by atoms with Gasteiger partial charge in [0, 0.05) is 23.5 Å². The average Bonchev–Trinajstić information content (AvgIpc) is 3.40. The fourth-order valence-electron chi connectivity index (χ4n) is 3.16. The van der Waals surface area contributed by atoms with Crippen molar-refractivity contribution in [3.63, 3.8) is 0 Å². The van der Waals surface area contributed by atoms with Crippen molar-refractivity contribution in [3.8, 4) is 22.6 Å². The number of hydrogen-bond donors (Lipinski definition) is 1. The quantitative estimate of drug-likeness (QED) is 0.666. The molecule has 30 heavy (non-hydrogen) atoms. The highest BCUT2D eigenvalue weighted by atomic mass is 19.1. The number of ether oxygens (including phenoxy) is 1. The van der Waals surface area contributed by atoms with Crippen molar-refractivity contribution in [2.75, 3.05) is 11.4 Å². The van der Waals surface area contributed by atoms with E-state index in [2.05, 4.69) is 27.0 Å². The number of hydrogen-bond acceptors (Lipinski definition) is 7. The van der Waals surface area contributed by atoms with Crippen molar-refractivity contribution in [1.82, 2.24) is 25.2 Å². The number of carbonyl (C=O) groups is 1. The second-order valence-electron chi connectivity index (χ2n) is 6.72. The number of cyclic esters (lactones) is 1. The molecule has 1 saturated heterocycles. The van der Waals surface area contributed by atoms with Gasteiger partial charge < -0.3 is 9.84 Å². The van der Waals surface area contributed by atoms with Crippen LogP contribution in [0.15, 0.2) is 43.1 Å². The van der Waals surface area contributed by atoms with Crippen LogP contribution in [0.1, 0.15) is 13.3 Å². The Morgan fingerprint density at radius 3 is 2.87 bits per heavy atom. The van der Waals surface area contributed by atoms with E-state index in [-0.39, 0.29) is 6.54 Å². The number of halogens is 1. The van der Waals surface area contributed by atoms with Crippen molar-refractivity contribution in [1.29, 1.82) is 0 Å². The van der Waals surface area contributed by atoms with Crippen molar-refractivity contribution in [2.45, 2.75) is 25.6 Å². The number of aliphatic hydroxyl groups excluding tert-OH is 1. The number of aromatic nitrogens is 5. The molecule has 0 spiro atoms. The highest BCUT2D eigenvalue weighted by molar-refractivity contribution is 5.90. The number of nitrogens with zero attached hydrogens (tertiary/aromatic N) is 6. The van der Waals surface area contributed by atoms with E-state index in [4.69, 9.17) is 4.74 Å². The summed E-state index contributed by atoms with van der Waals surface area (Å²) in [7, 11) is 0. The SMILES string of the molecule is C=Cn1nnc(-c2ccc(-c3ccc(N4C[C@@H](C(O)CC)OC4=O)cc3F)cn2)n1. The predicted octanol–water partition coefficient (Wildman–Crippen LogP) is 2.74. The van der Waals surface area contributed by atoms with Crippen molar-refractivity contribution in [2.24, 2.45) is 0 Å². The molecular weight excluding hydrogens is 391 g/mol. The Balaban J connectivity index is 1.55. The summed E-state index contributed by atoms with van der Waals surface area (Å²) in [6.07, 6.45) is 1.39. The lowest BCUT2D eigenvalue weighted by molar-refractivity contribution is 0.0308. The molecule has 10 heteroatoms. The number of anilines is 1. The molecule has 2 aromatic heterocycles. The molecule has 3 heterocycles. The second kappa shape index (κ2) is 7.99. The summed E-state index contributed by atoms with van der Waals surface area (Å²) < 4.78 is 20.0. The molecule has 0 radical (unpaired) electrons. The summed E-state index contributed by atoms with van der Waals surface area (Å²) >= 11 is 0. The van der Waals surface area contributed by atoms with Gasteiger partial charge in [0.15, 0.2) is 0 Å². The lowest BCUT2D eigenvalue weighted by Gasteiger charge is -2.16. The summed E-state index contributed by atoms with van der Waals surface area (Å²) in [6.45, 7) is 5.52. The van der Waals surface area contributed by atoms with Gasteiger partial charge >= 0.3 is 6.09 Å². The standard InChI is InChI=1S/C20H19FN6O3/c1-3-17(28)18-11-26(20(29)30-18)13-6-7-14(15(21)9-13)12-5-8-16(22-10-12)19-23-25-27(4-2)24-19/h4-10,17-18,28H,2-3,11H2,1H3/t17?,18-/m0/s1. The van der Waals surface area contributed by atoms with E-state index in [9.17, 15) is 14.3 Å². The molecule has 1 fully saturated rings. The maximum absolute atomic E-state index is 14.8. The zero-order valence-electron chi connectivity index (χ0n) is 16.1. The normalized spacial score (nSPS) is 17.1. The van der Waals surface area contributed by atoms with E-state index in [1.54, 1.807) is 31.2 Å². The van der Waals surface area contributed by atoms with Gasteiger partial charge in [0.25, 0.3) is 0 Å². The van der Waals surface area contributed by atoms with Crippen LogP contribution in [0.2, 0.25) is 0 Å². The first kappa shape index (κ1) is 19.6. The highest BCUT2D eigenvalue weighted by Crippen LogP contribution is 2.30. The molecule has 1 N–H and O–H groups in total. The molecule has 0 saturated carbocycles. The van der Waals surface area contributed by atoms with Crippen molar-refractivity contribution in [3.05, 3.63) is 48.9 Å². The van der Waals surface area contributed by atoms with Crippen LogP contribution in [0.3, 0.4) is 0 Å². The molecule has 2 atom stereocenters. The summed E-state index contributed by atoms with van der Waals surface area (Å²) in [4.78, 5) is 18.9. The minimum absolute atomic E-state index is 0.168. The van der Waals surface area contributed by atoms with Gasteiger partial charge in [0.1, 0.15) is 17.6 Å². The van der Waals surface area contributed by atoms with Crippen LogP contribution in [0.25, 0.3) is 28.8 Å². The van der Waals surface area contributed by atoms with Gasteiger partial charge in [-0.05, 0) is 35.9 Å². The molecule has 0 aliphatic carbocycles. The highest BCUT2D eigenvalue weighted by Gasteiger charge is 2.36. The number of carbonyl (C=O) groups excluding carboxylic acids is 1. The lowest BCUT2D eigenvalue weighted by atomic mass is 10.1. The van der Waals surface area contributed by atoms with E-state index in [0.29, 0.717) is 34.8 Å². The molecular formula is C20H19FN6O3. The number of benzene rings is 1. The van der Waals surface area contributed by atoms with Crippen LogP contribution in [-0.2, 0) is 4.74 Å². The van der Waals surface area contributed by atoms with E-state index in [1.807, 2.05) is 0 Å². The van der Waals surface area contributed by atoms with E-state index in [0.717, 1.165) is 0 Å². The lowest BCUT2D eigenvalue weighted by Crippen LogP contribution is -2.30. The van der Waals surface area contributed by atoms with Gasteiger partial charge in [-0.1, -0.05) is 19.6 Å². The summed E-state index contributed by atoms with van der Waals surface area (Å²) in [6, 6.07) is 7.84. The summed E-state index contributed by atoms with van der Waals surface area (Å²) in [5.41, 5.74) is 1.74. The third kappa shape index (κ3) is 3.64. The molecule has 1 aliphatic rings. The van der Waals surface area contributed by atoms with E-state index < -0.39 is 24.1 Å². The van der Waals surface area contributed by atoms with Gasteiger partial charge in [-0.25, -0.2) is 9.18 Å². The Hall–Kier alpha value is -3.66. The van der Waals surface area contributed by atoms with E-state index in [1.165, 1.54) is 28.2 Å². The molecule has 1 unspecified atom stereocenters. The number of aliphatic hydroxyl groups is 1. The number of amides is 1.